The number of hydrogen-bond donors (Lipinski definition) is 1. The number of nitrogens with two attached hydrogens (primary N) is 1. The van der Waals surface area contributed by atoms with Crippen LogP contribution in [0.2, 0.25) is 5.15 Å². The first-order chi connectivity index (χ1) is 6.33. The van der Waals surface area contributed by atoms with Crippen molar-refractivity contribution in [2.45, 2.75) is 12.2 Å². The van der Waals surface area contributed by atoms with Gasteiger partial charge in [-0.1, -0.05) is 17.7 Å². The molecule has 1 aromatic heterocycles. The van der Waals surface area contributed by atoms with Crippen molar-refractivity contribution >= 4 is 23.4 Å². The Balaban J connectivity index is 2.28. The van der Waals surface area contributed by atoms with Crippen molar-refractivity contribution in [3.8, 4) is 0 Å². The Morgan fingerprint density at radius 1 is 1.46 bits per heavy atom. The molecule has 0 amide bonds. The van der Waals surface area contributed by atoms with Gasteiger partial charge in [0.15, 0.2) is 0 Å². The van der Waals surface area contributed by atoms with E-state index in [1.165, 1.54) is 0 Å². The van der Waals surface area contributed by atoms with E-state index < -0.39 is 0 Å². The van der Waals surface area contributed by atoms with E-state index in [0.717, 1.165) is 30.2 Å². The Bertz CT molecular complexity index is 255. The van der Waals surface area contributed by atoms with Crippen molar-refractivity contribution in [3.63, 3.8) is 0 Å². The van der Waals surface area contributed by atoms with Crippen LogP contribution in [0, 0.1) is 0 Å². The molecule has 0 saturated heterocycles. The first-order valence-corrected chi connectivity index (χ1v) is 5.75. The molecule has 0 bridgehead atoms. The van der Waals surface area contributed by atoms with Crippen molar-refractivity contribution in [1.82, 2.24) is 4.98 Å². The first-order valence-electron chi connectivity index (χ1n) is 4.22. The lowest BCUT2D eigenvalue weighted by Crippen LogP contribution is -1.99. The van der Waals surface area contributed by atoms with Gasteiger partial charge in [-0.2, -0.15) is 11.8 Å². The zero-order chi connectivity index (χ0) is 9.52. The number of hydrogen-bond acceptors (Lipinski definition) is 3. The van der Waals surface area contributed by atoms with Gasteiger partial charge in [0.25, 0.3) is 0 Å². The third-order valence-corrected chi connectivity index (χ3v) is 2.80. The maximum atomic E-state index is 5.74. The summed E-state index contributed by atoms with van der Waals surface area (Å²) in [6, 6.07) is 5.70. The van der Waals surface area contributed by atoms with Gasteiger partial charge in [0.1, 0.15) is 5.15 Å². The largest absolute Gasteiger partial charge is 0.330 e. The Morgan fingerprint density at radius 2 is 2.31 bits per heavy atom. The molecule has 0 radical (unpaired) electrons. The van der Waals surface area contributed by atoms with Gasteiger partial charge in [0.05, 0.1) is 5.69 Å². The van der Waals surface area contributed by atoms with Gasteiger partial charge in [0.2, 0.25) is 0 Å². The van der Waals surface area contributed by atoms with Crippen molar-refractivity contribution in [1.29, 1.82) is 0 Å². The number of rotatable bonds is 5. The number of halogens is 1. The summed E-state index contributed by atoms with van der Waals surface area (Å²) in [7, 11) is 0. The molecule has 2 N–H and O–H groups in total. The predicted octanol–water partition coefficient (Wildman–Crippen LogP) is 2.32. The minimum absolute atomic E-state index is 0.567. The van der Waals surface area contributed by atoms with Gasteiger partial charge < -0.3 is 5.73 Å². The molecule has 13 heavy (non-hydrogen) atoms. The van der Waals surface area contributed by atoms with Gasteiger partial charge in [-0.25, -0.2) is 4.98 Å². The van der Waals surface area contributed by atoms with Gasteiger partial charge in [-0.05, 0) is 30.9 Å². The second-order valence-electron chi connectivity index (χ2n) is 2.65. The second-order valence-corrected chi connectivity index (χ2v) is 4.14. The fraction of sp³-hybridized carbons (Fsp3) is 0.444. The fourth-order valence-electron chi connectivity index (χ4n) is 0.893. The standard InChI is InChI=1S/C9H13ClN2S/c10-9-4-1-3-8(12-9)7-13-6-2-5-11/h1,3-4H,2,5-7,11H2. The summed E-state index contributed by atoms with van der Waals surface area (Å²) in [5.74, 6) is 2.01. The lowest BCUT2D eigenvalue weighted by atomic mass is 10.4. The summed E-state index contributed by atoms with van der Waals surface area (Å²) < 4.78 is 0. The minimum Gasteiger partial charge on any atom is -0.330 e. The molecule has 0 aromatic carbocycles. The zero-order valence-electron chi connectivity index (χ0n) is 7.37. The number of aromatic nitrogens is 1. The van der Waals surface area contributed by atoms with E-state index >= 15 is 0 Å². The third-order valence-electron chi connectivity index (χ3n) is 1.52. The molecule has 0 unspecified atom stereocenters. The lowest BCUT2D eigenvalue weighted by molar-refractivity contribution is 0.942. The van der Waals surface area contributed by atoms with Crippen LogP contribution < -0.4 is 5.73 Å². The van der Waals surface area contributed by atoms with Crippen LogP contribution in [0.1, 0.15) is 12.1 Å². The molecule has 0 aliphatic carbocycles. The summed E-state index contributed by atoms with van der Waals surface area (Å²) in [6.07, 6.45) is 1.06. The summed E-state index contributed by atoms with van der Waals surface area (Å²) in [5, 5.41) is 0.567. The molecule has 0 atom stereocenters. The van der Waals surface area contributed by atoms with Crippen LogP contribution >= 0.6 is 23.4 Å². The molecule has 0 aliphatic rings. The van der Waals surface area contributed by atoms with E-state index in [9.17, 15) is 0 Å². The molecule has 0 spiro atoms. The highest BCUT2D eigenvalue weighted by Crippen LogP contribution is 2.12. The molecule has 1 rings (SSSR count). The highest BCUT2D eigenvalue weighted by molar-refractivity contribution is 7.98. The molecular formula is C9H13ClN2S. The van der Waals surface area contributed by atoms with Crippen LogP contribution in [0.4, 0.5) is 0 Å². The molecule has 1 aromatic rings. The van der Waals surface area contributed by atoms with E-state index in [4.69, 9.17) is 17.3 Å². The molecule has 2 nitrogen and oxygen atoms in total. The number of thioether (sulfide) groups is 1. The number of nitrogens with zero attached hydrogens (tertiary/aromatic N) is 1. The highest BCUT2D eigenvalue weighted by Gasteiger charge is 1.95. The molecule has 72 valence electrons. The smallest absolute Gasteiger partial charge is 0.129 e. The highest BCUT2D eigenvalue weighted by atomic mass is 35.5. The summed E-state index contributed by atoms with van der Waals surface area (Å²) in [6.45, 7) is 0.760. The van der Waals surface area contributed by atoms with E-state index in [2.05, 4.69) is 4.98 Å². The van der Waals surface area contributed by atoms with Crippen molar-refractivity contribution in [2.24, 2.45) is 5.73 Å². The van der Waals surface area contributed by atoms with Gasteiger partial charge in [-0.15, -0.1) is 0 Å². The van der Waals surface area contributed by atoms with Crippen LogP contribution in [-0.2, 0) is 5.75 Å². The molecule has 4 heteroatoms. The Hall–Kier alpha value is -0.250. The van der Waals surface area contributed by atoms with Gasteiger partial charge >= 0.3 is 0 Å². The van der Waals surface area contributed by atoms with E-state index in [-0.39, 0.29) is 0 Å². The molecular weight excluding hydrogens is 204 g/mol. The monoisotopic (exact) mass is 216 g/mol. The maximum absolute atomic E-state index is 5.74. The Labute approximate surface area is 87.9 Å². The van der Waals surface area contributed by atoms with Crippen LogP contribution in [0.15, 0.2) is 18.2 Å². The van der Waals surface area contributed by atoms with E-state index in [1.54, 1.807) is 6.07 Å². The van der Waals surface area contributed by atoms with E-state index in [1.807, 2.05) is 23.9 Å². The SMILES string of the molecule is NCCCSCc1cccc(Cl)n1. The van der Waals surface area contributed by atoms with Gasteiger partial charge in [0, 0.05) is 5.75 Å². The van der Waals surface area contributed by atoms with E-state index in [0.29, 0.717) is 5.15 Å². The maximum Gasteiger partial charge on any atom is 0.129 e. The summed E-state index contributed by atoms with van der Waals surface area (Å²) >= 11 is 7.58. The fourth-order valence-corrected chi connectivity index (χ4v) is 1.96. The first kappa shape index (κ1) is 10.8. The average Bonchev–Trinajstić information content (AvgIpc) is 2.13. The number of pyridine rings is 1. The minimum atomic E-state index is 0.567. The molecule has 0 saturated carbocycles. The Kier molecular flexibility index (Phi) is 5.20. The molecule has 0 aliphatic heterocycles. The topological polar surface area (TPSA) is 38.9 Å². The zero-order valence-corrected chi connectivity index (χ0v) is 8.94. The molecule has 0 fully saturated rings. The Morgan fingerprint density at radius 3 is 3.00 bits per heavy atom. The van der Waals surface area contributed by atoms with Crippen molar-refractivity contribution in [2.75, 3.05) is 12.3 Å². The molecule has 1 heterocycles. The summed E-state index contributed by atoms with van der Waals surface area (Å²) in [5.41, 5.74) is 6.42. The van der Waals surface area contributed by atoms with Crippen LogP contribution in [0.25, 0.3) is 0 Å². The van der Waals surface area contributed by atoms with Crippen LogP contribution in [-0.4, -0.2) is 17.3 Å². The summed E-state index contributed by atoms with van der Waals surface area (Å²) in [4.78, 5) is 4.18. The lowest BCUT2D eigenvalue weighted by Gasteiger charge is -2.00. The quantitative estimate of drug-likeness (QED) is 0.607. The van der Waals surface area contributed by atoms with Gasteiger partial charge in [-0.3, -0.25) is 0 Å². The normalized spacial score (nSPS) is 10.3. The van der Waals surface area contributed by atoms with Crippen molar-refractivity contribution in [3.05, 3.63) is 29.0 Å². The van der Waals surface area contributed by atoms with Crippen molar-refractivity contribution < 1.29 is 0 Å². The van der Waals surface area contributed by atoms with Crippen LogP contribution in [0.5, 0.6) is 0 Å². The average molecular weight is 217 g/mol. The predicted molar refractivity (Wildman–Crippen MR) is 59.1 cm³/mol. The van der Waals surface area contributed by atoms with Crippen LogP contribution in [0.3, 0.4) is 0 Å². The third kappa shape index (κ3) is 4.50. The second kappa shape index (κ2) is 6.24.